The van der Waals surface area contributed by atoms with Gasteiger partial charge in [-0.25, -0.2) is 8.42 Å². The zero-order valence-electron chi connectivity index (χ0n) is 11.0. The van der Waals surface area contributed by atoms with Crippen LogP contribution in [-0.2, 0) is 14.8 Å². The van der Waals surface area contributed by atoms with Crippen LogP contribution in [0.3, 0.4) is 0 Å². The van der Waals surface area contributed by atoms with Crippen LogP contribution in [0, 0.1) is 11.3 Å². The first-order valence-electron chi connectivity index (χ1n) is 5.75. The molecular weight excluding hydrogens is 336 g/mol. The Bertz CT molecular complexity index is 670. The summed E-state index contributed by atoms with van der Waals surface area (Å²) < 4.78 is 26.5. The highest BCUT2D eigenvalue weighted by molar-refractivity contribution is 7.98. The summed E-state index contributed by atoms with van der Waals surface area (Å²) >= 11 is 7.24. The zero-order chi connectivity index (χ0) is 16.0. The largest absolute Gasteiger partial charge is 0.480 e. The number of halogens is 1. The number of hydrogen-bond donors (Lipinski definition) is 2. The molecule has 0 radical (unpaired) electrons. The van der Waals surface area contributed by atoms with Gasteiger partial charge in [0, 0.05) is 0 Å². The third-order valence-corrected chi connectivity index (χ3v) is 5.15. The van der Waals surface area contributed by atoms with Gasteiger partial charge in [0.15, 0.2) is 0 Å². The highest BCUT2D eigenvalue weighted by Crippen LogP contribution is 2.23. The van der Waals surface area contributed by atoms with E-state index < -0.39 is 22.0 Å². The van der Waals surface area contributed by atoms with E-state index in [9.17, 15) is 13.2 Å². The molecule has 0 saturated carbocycles. The van der Waals surface area contributed by atoms with Crippen molar-refractivity contribution in [3.05, 3.63) is 28.8 Å². The standard InChI is InChI=1S/C12H13ClN2O4S2/c1-20-5-4-10(12(16)17)15-21(18,19)11-6-8(7-14)2-3-9(11)13/h2-3,6,10,15H,4-5H2,1H3,(H,16,17). The number of benzene rings is 1. The second-order valence-corrected chi connectivity index (χ2v) is 7.13. The number of aliphatic carboxylic acids is 1. The van der Waals surface area contributed by atoms with Crippen molar-refractivity contribution in [2.24, 2.45) is 0 Å². The number of hydrogen-bond acceptors (Lipinski definition) is 5. The molecule has 2 N–H and O–H groups in total. The average Bonchev–Trinajstić information content (AvgIpc) is 2.43. The molecular formula is C12H13ClN2O4S2. The summed E-state index contributed by atoms with van der Waals surface area (Å²) in [4.78, 5) is 10.8. The smallest absolute Gasteiger partial charge is 0.321 e. The van der Waals surface area contributed by atoms with Crippen molar-refractivity contribution in [1.82, 2.24) is 4.72 Å². The Morgan fingerprint density at radius 3 is 2.76 bits per heavy atom. The van der Waals surface area contributed by atoms with Crippen molar-refractivity contribution < 1.29 is 18.3 Å². The Hall–Kier alpha value is -1.27. The first-order chi connectivity index (χ1) is 9.81. The van der Waals surface area contributed by atoms with Crippen LogP contribution in [0.4, 0.5) is 0 Å². The topological polar surface area (TPSA) is 107 Å². The lowest BCUT2D eigenvalue weighted by atomic mass is 10.2. The summed E-state index contributed by atoms with van der Waals surface area (Å²) in [6.45, 7) is 0. The molecule has 0 aliphatic carbocycles. The number of nitriles is 1. The molecule has 1 unspecified atom stereocenters. The van der Waals surface area contributed by atoms with Gasteiger partial charge < -0.3 is 5.11 Å². The van der Waals surface area contributed by atoms with Gasteiger partial charge in [0.1, 0.15) is 10.9 Å². The van der Waals surface area contributed by atoms with Crippen LogP contribution in [0.5, 0.6) is 0 Å². The van der Waals surface area contributed by atoms with Crippen molar-refractivity contribution in [2.45, 2.75) is 17.4 Å². The van der Waals surface area contributed by atoms with Gasteiger partial charge in [-0.2, -0.15) is 21.7 Å². The number of nitrogens with one attached hydrogen (secondary N) is 1. The van der Waals surface area contributed by atoms with Crippen molar-refractivity contribution in [2.75, 3.05) is 12.0 Å². The van der Waals surface area contributed by atoms with Crippen LogP contribution in [0.25, 0.3) is 0 Å². The van der Waals surface area contributed by atoms with Crippen LogP contribution < -0.4 is 4.72 Å². The first kappa shape index (κ1) is 17.8. The van der Waals surface area contributed by atoms with Crippen LogP contribution >= 0.6 is 23.4 Å². The summed E-state index contributed by atoms with van der Waals surface area (Å²) in [6, 6.07) is 4.33. The molecule has 0 aromatic heterocycles. The minimum atomic E-state index is -4.12. The maximum absolute atomic E-state index is 12.2. The van der Waals surface area contributed by atoms with E-state index in [1.807, 2.05) is 0 Å². The second-order valence-electron chi connectivity index (χ2n) is 4.05. The molecule has 9 heteroatoms. The SMILES string of the molecule is CSCCC(NS(=O)(=O)c1cc(C#N)ccc1Cl)C(=O)O. The number of thioether (sulfide) groups is 1. The lowest BCUT2D eigenvalue weighted by Crippen LogP contribution is -2.41. The first-order valence-corrected chi connectivity index (χ1v) is 9.01. The summed E-state index contributed by atoms with van der Waals surface area (Å²) in [5.74, 6) is -0.772. The fourth-order valence-electron chi connectivity index (χ4n) is 1.50. The van der Waals surface area contributed by atoms with Gasteiger partial charge >= 0.3 is 5.97 Å². The van der Waals surface area contributed by atoms with E-state index in [4.69, 9.17) is 22.0 Å². The number of nitrogens with zero attached hydrogens (tertiary/aromatic N) is 1. The molecule has 0 fully saturated rings. The zero-order valence-corrected chi connectivity index (χ0v) is 13.4. The molecule has 0 spiro atoms. The maximum atomic E-state index is 12.2. The molecule has 0 aliphatic rings. The quantitative estimate of drug-likeness (QED) is 0.776. The molecule has 0 saturated heterocycles. The second kappa shape index (κ2) is 7.66. The normalized spacial score (nSPS) is 12.6. The van der Waals surface area contributed by atoms with Gasteiger partial charge in [-0.1, -0.05) is 11.6 Å². The lowest BCUT2D eigenvalue weighted by molar-refractivity contribution is -0.139. The predicted octanol–water partition coefficient (Wildman–Crippen LogP) is 1.70. The molecule has 1 rings (SSSR count). The summed E-state index contributed by atoms with van der Waals surface area (Å²) in [5, 5.41) is 17.8. The van der Waals surface area contributed by atoms with Crippen LogP contribution in [-0.4, -0.2) is 37.5 Å². The Balaban J connectivity index is 3.10. The third kappa shape index (κ3) is 4.89. The van der Waals surface area contributed by atoms with Crippen LogP contribution in [0.15, 0.2) is 23.1 Å². The van der Waals surface area contributed by atoms with Crippen LogP contribution in [0.2, 0.25) is 5.02 Å². The average molecular weight is 349 g/mol. The maximum Gasteiger partial charge on any atom is 0.321 e. The van der Waals surface area contributed by atoms with Gasteiger partial charge in [0.2, 0.25) is 10.0 Å². The predicted molar refractivity (Wildman–Crippen MR) is 80.9 cm³/mol. The lowest BCUT2D eigenvalue weighted by Gasteiger charge is -2.15. The molecule has 0 heterocycles. The van der Waals surface area contributed by atoms with Crippen molar-refractivity contribution >= 4 is 39.4 Å². The summed E-state index contributed by atoms with van der Waals surface area (Å²) in [7, 11) is -4.12. The van der Waals surface area contributed by atoms with Gasteiger partial charge in [-0.3, -0.25) is 4.79 Å². The number of carbonyl (C=O) groups is 1. The fourth-order valence-corrected chi connectivity index (χ4v) is 3.72. The molecule has 21 heavy (non-hydrogen) atoms. The molecule has 1 aromatic rings. The summed E-state index contributed by atoms with van der Waals surface area (Å²) in [6.07, 6.45) is 1.94. The number of carboxylic acid groups (broad SMARTS) is 1. The summed E-state index contributed by atoms with van der Waals surface area (Å²) in [5.41, 5.74) is 0.121. The van der Waals surface area contributed by atoms with Crippen LogP contribution in [0.1, 0.15) is 12.0 Å². The highest BCUT2D eigenvalue weighted by Gasteiger charge is 2.26. The van der Waals surface area contributed by atoms with Crippen molar-refractivity contribution in [1.29, 1.82) is 5.26 Å². The van der Waals surface area contributed by atoms with Crippen molar-refractivity contribution in [3.63, 3.8) is 0 Å². The van der Waals surface area contributed by atoms with E-state index >= 15 is 0 Å². The molecule has 0 amide bonds. The van der Waals surface area contributed by atoms with E-state index in [1.54, 1.807) is 12.3 Å². The fraction of sp³-hybridized carbons (Fsp3) is 0.333. The van der Waals surface area contributed by atoms with E-state index in [-0.39, 0.29) is 21.9 Å². The van der Waals surface area contributed by atoms with E-state index in [2.05, 4.69) is 4.72 Å². The van der Waals surface area contributed by atoms with Gasteiger partial charge in [-0.15, -0.1) is 0 Å². The highest BCUT2D eigenvalue weighted by atomic mass is 35.5. The molecule has 114 valence electrons. The van der Waals surface area contributed by atoms with Crippen molar-refractivity contribution in [3.8, 4) is 6.07 Å². The van der Waals surface area contributed by atoms with Gasteiger partial charge in [-0.05, 0) is 36.6 Å². The number of rotatable bonds is 7. The monoisotopic (exact) mass is 348 g/mol. The molecule has 0 aliphatic heterocycles. The van der Waals surface area contributed by atoms with E-state index in [0.717, 1.165) is 6.07 Å². The molecule has 1 atom stereocenters. The minimum Gasteiger partial charge on any atom is -0.480 e. The van der Waals surface area contributed by atoms with E-state index in [1.165, 1.54) is 23.9 Å². The molecule has 0 bridgehead atoms. The Morgan fingerprint density at radius 1 is 1.57 bits per heavy atom. The van der Waals surface area contributed by atoms with Gasteiger partial charge in [0.25, 0.3) is 0 Å². The third-order valence-electron chi connectivity index (χ3n) is 2.56. The Kier molecular flexibility index (Phi) is 6.48. The number of sulfonamides is 1. The molecule has 6 nitrogen and oxygen atoms in total. The van der Waals surface area contributed by atoms with Gasteiger partial charge in [0.05, 0.1) is 16.7 Å². The molecule has 1 aromatic carbocycles. The minimum absolute atomic E-state index is 0.0736. The Morgan fingerprint density at radius 2 is 2.24 bits per heavy atom. The van der Waals surface area contributed by atoms with E-state index in [0.29, 0.717) is 5.75 Å². The number of carboxylic acids is 1. The Labute approximate surface area is 132 Å².